The number of anilines is 1. The third-order valence-electron chi connectivity index (χ3n) is 4.09. The Hall–Kier alpha value is -1.27. The second kappa shape index (κ2) is 6.23. The van der Waals surface area contributed by atoms with Crippen LogP contribution in [-0.4, -0.2) is 42.0 Å². The summed E-state index contributed by atoms with van der Waals surface area (Å²) in [6.07, 6.45) is -4.36. The monoisotopic (exact) mass is 301 g/mol. The summed E-state index contributed by atoms with van der Waals surface area (Å²) in [4.78, 5) is 4.42. The van der Waals surface area contributed by atoms with Crippen molar-refractivity contribution in [2.24, 2.45) is 0 Å². The van der Waals surface area contributed by atoms with E-state index in [9.17, 15) is 13.2 Å². The van der Waals surface area contributed by atoms with E-state index in [1.54, 1.807) is 0 Å². The van der Waals surface area contributed by atoms with Crippen molar-refractivity contribution in [3.05, 3.63) is 29.3 Å². The number of hydrogen-bond donors (Lipinski definition) is 1. The van der Waals surface area contributed by atoms with Crippen LogP contribution in [0.5, 0.6) is 0 Å². The van der Waals surface area contributed by atoms with Gasteiger partial charge in [0.25, 0.3) is 0 Å². The van der Waals surface area contributed by atoms with Crippen LogP contribution in [0.4, 0.5) is 18.9 Å². The zero-order valence-corrected chi connectivity index (χ0v) is 12.5. The van der Waals surface area contributed by atoms with Gasteiger partial charge < -0.3 is 5.73 Å². The van der Waals surface area contributed by atoms with Crippen molar-refractivity contribution in [3.8, 4) is 0 Å². The number of hydrogen-bond acceptors (Lipinski definition) is 3. The molecule has 1 aliphatic heterocycles. The molecule has 1 aliphatic rings. The van der Waals surface area contributed by atoms with Crippen LogP contribution in [0.15, 0.2) is 18.2 Å². The molecule has 0 radical (unpaired) electrons. The fraction of sp³-hybridized carbons (Fsp3) is 0.600. The normalized spacial score (nSPS) is 21.7. The summed E-state index contributed by atoms with van der Waals surface area (Å²) >= 11 is 0. The molecule has 1 unspecified atom stereocenters. The highest BCUT2D eigenvalue weighted by atomic mass is 19.4. The van der Waals surface area contributed by atoms with E-state index in [-0.39, 0.29) is 5.69 Å². The first-order chi connectivity index (χ1) is 9.81. The highest BCUT2D eigenvalue weighted by Crippen LogP contribution is 2.34. The Morgan fingerprint density at radius 3 is 2.57 bits per heavy atom. The van der Waals surface area contributed by atoms with Crippen LogP contribution in [0.2, 0.25) is 0 Å². The summed E-state index contributed by atoms with van der Waals surface area (Å²) < 4.78 is 39.3. The Balaban J connectivity index is 2.14. The molecule has 2 N–H and O–H groups in total. The van der Waals surface area contributed by atoms with E-state index >= 15 is 0 Å². The molecule has 0 aromatic heterocycles. The number of halogens is 3. The SMILES string of the molecule is CCN1CCN(Cc2ccc(N)cc2C(F)(F)F)CC1C. The summed E-state index contributed by atoms with van der Waals surface area (Å²) in [5.41, 5.74) is 5.33. The van der Waals surface area contributed by atoms with Gasteiger partial charge in [-0.05, 0) is 31.2 Å². The lowest BCUT2D eigenvalue weighted by molar-refractivity contribution is -0.138. The molecule has 1 atom stereocenters. The number of nitrogens with zero attached hydrogens (tertiary/aromatic N) is 2. The minimum atomic E-state index is -4.36. The van der Waals surface area contributed by atoms with Gasteiger partial charge in [-0.15, -0.1) is 0 Å². The molecule has 6 heteroatoms. The fourth-order valence-corrected chi connectivity index (χ4v) is 2.92. The van der Waals surface area contributed by atoms with E-state index in [2.05, 4.69) is 23.6 Å². The van der Waals surface area contributed by atoms with Crippen LogP contribution in [0, 0.1) is 0 Å². The minimum Gasteiger partial charge on any atom is -0.399 e. The predicted molar refractivity (Wildman–Crippen MR) is 77.8 cm³/mol. The minimum absolute atomic E-state index is 0.148. The topological polar surface area (TPSA) is 32.5 Å². The van der Waals surface area contributed by atoms with Crippen LogP contribution < -0.4 is 5.73 Å². The van der Waals surface area contributed by atoms with Gasteiger partial charge in [0, 0.05) is 37.9 Å². The Kier molecular flexibility index (Phi) is 4.78. The van der Waals surface area contributed by atoms with Gasteiger partial charge in [-0.2, -0.15) is 13.2 Å². The van der Waals surface area contributed by atoms with Crippen molar-refractivity contribution in [1.29, 1.82) is 0 Å². The average molecular weight is 301 g/mol. The summed E-state index contributed by atoms with van der Waals surface area (Å²) in [6.45, 7) is 7.99. The number of rotatable bonds is 3. The summed E-state index contributed by atoms with van der Waals surface area (Å²) in [6, 6.07) is 4.43. The molecule has 0 spiro atoms. The molecule has 3 nitrogen and oxygen atoms in total. The van der Waals surface area contributed by atoms with E-state index in [1.807, 2.05) is 0 Å². The molecule has 2 rings (SSSR count). The van der Waals surface area contributed by atoms with Crippen LogP contribution in [0.25, 0.3) is 0 Å². The van der Waals surface area contributed by atoms with Gasteiger partial charge in [0.15, 0.2) is 0 Å². The highest BCUT2D eigenvalue weighted by molar-refractivity contribution is 5.46. The van der Waals surface area contributed by atoms with Gasteiger partial charge in [-0.3, -0.25) is 9.80 Å². The van der Waals surface area contributed by atoms with Crippen molar-refractivity contribution < 1.29 is 13.2 Å². The largest absolute Gasteiger partial charge is 0.416 e. The standard InChI is InChI=1S/C15H22F3N3/c1-3-21-7-6-20(9-11(21)2)10-12-4-5-13(19)8-14(12)15(16,17)18/h4-5,8,11H,3,6-7,9-10,19H2,1-2H3. The molecular weight excluding hydrogens is 279 g/mol. The van der Waals surface area contributed by atoms with E-state index < -0.39 is 11.7 Å². The number of alkyl halides is 3. The molecular formula is C15H22F3N3. The molecule has 0 aliphatic carbocycles. The van der Waals surface area contributed by atoms with Gasteiger partial charge in [-0.25, -0.2) is 0 Å². The molecule has 21 heavy (non-hydrogen) atoms. The van der Waals surface area contributed by atoms with Crippen molar-refractivity contribution in [2.45, 2.75) is 32.6 Å². The second-order valence-corrected chi connectivity index (χ2v) is 5.63. The summed E-state index contributed by atoms with van der Waals surface area (Å²) in [5.74, 6) is 0. The van der Waals surface area contributed by atoms with Gasteiger partial charge in [0.1, 0.15) is 0 Å². The Morgan fingerprint density at radius 1 is 1.29 bits per heavy atom. The molecule has 1 aromatic rings. The van der Waals surface area contributed by atoms with E-state index in [4.69, 9.17) is 5.73 Å². The lowest BCUT2D eigenvalue weighted by Crippen LogP contribution is -2.51. The fourth-order valence-electron chi connectivity index (χ4n) is 2.92. The average Bonchev–Trinajstić information content (AvgIpc) is 2.40. The van der Waals surface area contributed by atoms with Crippen molar-refractivity contribution in [3.63, 3.8) is 0 Å². The van der Waals surface area contributed by atoms with E-state index in [0.717, 1.165) is 32.2 Å². The quantitative estimate of drug-likeness (QED) is 0.871. The maximum absolute atomic E-state index is 13.1. The van der Waals surface area contributed by atoms with Crippen molar-refractivity contribution >= 4 is 5.69 Å². The third-order valence-corrected chi connectivity index (χ3v) is 4.09. The summed E-state index contributed by atoms with van der Waals surface area (Å²) in [7, 11) is 0. The van der Waals surface area contributed by atoms with Crippen LogP contribution >= 0.6 is 0 Å². The van der Waals surface area contributed by atoms with Gasteiger partial charge in [-0.1, -0.05) is 13.0 Å². The third kappa shape index (κ3) is 3.89. The number of nitrogens with two attached hydrogens (primary N) is 1. The second-order valence-electron chi connectivity index (χ2n) is 5.63. The molecule has 0 amide bonds. The maximum Gasteiger partial charge on any atom is 0.416 e. The zero-order chi connectivity index (χ0) is 15.6. The molecule has 0 saturated carbocycles. The Bertz CT molecular complexity index is 488. The van der Waals surface area contributed by atoms with Gasteiger partial charge >= 0.3 is 6.18 Å². The first kappa shape index (κ1) is 16.1. The first-order valence-corrected chi connectivity index (χ1v) is 7.23. The molecule has 1 fully saturated rings. The molecule has 1 aromatic carbocycles. The molecule has 1 saturated heterocycles. The number of nitrogen functional groups attached to an aromatic ring is 1. The van der Waals surface area contributed by atoms with E-state index in [1.165, 1.54) is 12.1 Å². The smallest absolute Gasteiger partial charge is 0.399 e. The summed E-state index contributed by atoms with van der Waals surface area (Å²) in [5, 5.41) is 0. The first-order valence-electron chi connectivity index (χ1n) is 7.23. The zero-order valence-electron chi connectivity index (χ0n) is 12.5. The maximum atomic E-state index is 13.1. The highest BCUT2D eigenvalue weighted by Gasteiger charge is 2.34. The van der Waals surface area contributed by atoms with Crippen LogP contribution in [-0.2, 0) is 12.7 Å². The number of piperazine rings is 1. The lowest BCUT2D eigenvalue weighted by atomic mass is 10.0. The van der Waals surface area contributed by atoms with Gasteiger partial charge in [0.05, 0.1) is 5.56 Å². The predicted octanol–water partition coefficient (Wildman–Crippen LogP) is 2.81. The van der Waals surface area contributed by atoms with Crippen LogP contribution in [0.1, 0.15) is 25.0 Å². The molecule has 0 bridgehead atoms. The Morgan fingerprint density at radius 2 is 2.00 bits per heavy atom. The number of likely N-dealkylation sites (N-methyl/N-ethyl adjacent to an activating group) is 1. The van der Waals surface area contributed by atoms with Crippen LogP contribution in [0.3, 0.4) is 0 Å². The van der Waals surface area contributed by atoms with Gasteiger partial charge in [0.2, 0.25) is 0 Å². The Labute approximate surface area is 123 Å². The molecule has 118 valence electrons. The number of benzene rings is 1. The lowest BCUT2D eigenvalue weighted by Gasteiger charge is -2.39. The van der Waals surface area contributed by atoms with E-state index in [0.29, 0.717) is 18.2 Å². The molecule has 1 heterocycles. The van der Waals surface area contributed by atoms with Crippen molar-refractivity contribution in [1.82, 2.24) is 9.80 Å². The van der Waals surface area contributed by atoms with Crippen molar-refractivity contribution in [2.75, 3.05) is 31.9 Å².